The molecule has 0 radical (unpaired) electrons. The van der Waals surface area contributed by atoms with Crippen molar-refractivity contribution < 1.29 is 9.53 Å². The number of carbonyl (C=O) groups is 1. The molecule has 1 fully saturated rings. The Labute approximate surface area is 153 Å². The van der Waals surface area contributed by atoms with Crippen LogP contribution >= 0.6 is 0 Å². The van der Waals surface area contributed by atoms with Crippen molar-refractivity contribution in [2.75, 3.05) is 6.54 Å². The molecule has 0 bridgehead atoms. The molecule has 1 aromatic heterocycles. The number of aromatic nitrogens is 2. The molecule has 0 unspecified atom stereocenters. The van der Waals surface area contributed by atoms with E-state index in [9.17, 15) is 4.79 Å². The monoisotopic (exact) mass is 349 g/mol. The van der Waals surface area contributed by atoms with Gasteiger partial charge >= 0.3 is 6.09 Å². The molecule has 26 heavy (non-hydrogen) atoms. The second kappa shape index (κ2) is 5.91. The van der Waals surface area contributed by atoms with E-state index >= 15 is 0 Å². The van der Waals surface area contributed by atoms with Crippen LogP contribution in [-0.4, -0.2) is 33.1 Å². The van der Waals surface area contributed by atoms with Gasteiger partial charge in [0.25, 0.3) is 0 Å². The predicted molar refractivity (Wildman–Crippen MR) is 101 cm³/mol. The molecular weight excluding hydrogens is 326 g/mol. The van der Waals surface area contributed by atoms with E-state index in [4.69, 9.17) is 16.1 Å². The molecule has 0 spiro atoms. The summed E-state index contributed by atoms with van der Waals surface area (Å²) in [5.41, 5.74) is 3.31. The zero-order chi connectivity index (χ0) is 18.5. The summed E-state index contributed by atoms with van der Waals surface area (Å²) in [5, 5.41) is 0. The Kier molecular flexibility index (Phi) is 3.80. The van der Waals surface area contributed by atoms with Crippen molar-refractivity contribution in [2.45, 2.75) is 45.3 Å². The number of ether oxygens (including phenoxy) is 1. The number of terminal acetylenes is 1. The number of aromatic amines is 1. The molecule has 1 atom stereocenters. The Bertz CT molecular complexity index is 938. The fourth-order valence-electron chi connectivity index (χ4n) is 3.34. The summed E-state index contributed by atoms with van der Waals surface area (Å²) in [6, 6.07) is 5.45. The summed E-state index contributed by atoms with van der Waals surface area (Å²) < 4.78 is 5.62. The van der Waals surface area contributed by atoms with Crippen LogP contribution in [0.1, 0.15) is 51.0 Å². The minimum Gasteiger partial charge on any atom is -0.444 e. The van der Waals surface area contributed by atoms with Crippen LogP contribution < -0.4 is 0 Å². The first-order chi connectivity index (χ1) is 12.3. The highest BCUT2D eigenvalue weighted by Gasteiger charge is 2.39. The molecule has 1 saturated carbocycles. The van der Waals surface area contributed by atoms with Gasteiger partial charge in [-0.1, -0.05) is 12.0 Å². The average molecular weight is 349 g/mol. The summed E-state index contributed by atoms with van der Waals surface area (Å²) in [4.78, 5) is 22.5. The largest absolute Gasteiger partial charge is 0.444 e. The lowest BCUT2D eigenvalue weighted by Crippen LogP contribution is -2.37. The van der Waals surface area contributed by atoms with Gasteiger partial charge in [-0.25, -0.2) is 9.78 Å². The number of benzene rings is 1. The summed E-state index contributed by atoms with van der Waals surface area (Å²) >= 11 is 0. The first-order valence-corrected chi connectivity index (χ1v) is 9.00. The van der Waals surface area contributed by atoms with Gasteiger partial charge in [0.1, 0.15) is 17.5 Å². The molecule has 1 N–H and O–H groups in total. The highest BCUT2D eigenvalue weighted by atomic mass is 16.6. The average Bonchev–Trinajstić information content (AvgIpc) is 3.18. The van der Waals surface area contributed by atoms with Crippen molar-refractivity contribution in [3.63, 3.8) is 0 Å². The third-order valence-corrected chi connectivity index (χ3v) is 4.74. The summed E-state index contributed by atoms with van der Waals surface area (Å²) in [6.45, 7) is 6.26. The molecule has 5 heteroatoms. The summed E-state index contributed by atoms with van der Waals surface area (Å²) in [6.07, 6.45) is 9.75. The smallest absolute Gasteiger partial charge is 0.411 e. The standard InChI is InChI=1S/C21H23N3O2/c1-5-13-6-9-16-17(10-13)23-19(22-16)18-11-15(14-7-8-14)12-24(18)20(25)26-21(2,3)4/h1,6,9-11,14,18H,7-8,12H2,2-4H3,(H,22,23)/t18-/m0/s1. The molecule has 1 aliphatic heterocycles. The van der Waals surface area contributed by atoms with E-state index in [1.54, 1.807) is 4.90 Å². The fourth-order valence-corrected chi connectivity index (χ4v) is 3.34. The van der Waals surface area contributed by atoms with Crippen LogP contribution in [0.25, 0.3) is 11.0 Å². The normalized spacial score (nSPS) is 20.2. The Hall–Kier alpha value is -2.74. The molecule has 2 heterocycles. The van der Waals surface area contributed by atoms with Crippen LogP contribution in [0.5, 0.6) is 0 Å². The number of hydrogen-bond donors (Lipinski definition) is 1. The Morgan fingerprint density at radius 3 is 2.81 bits per heavy atom. The Morgan fingerprint density at radius 2 is 2.15 bits per heavy atom. The van der Waals surface area contributed by atoms with E-state index in [1.165, 1.54) is 18.4 Å². The van der Waals surface area contributed by atoms with Crippen molar-refractivity contribution in [1.82, 2.24) is 14.9 Å². The number of rotatable bonds is 2. The van der Waals surface area contributed by atoms with Crippen molar-refractivity contribution in [3.8, 4) is 12.3 Å². The zero-order valence-corrected chi connectivity index (χ0v) is 15.4. The topological polar surface area (TPSA) is 58.2 Å². The van der Waals surface area contributed by atoms with E-state index in [-0.39, 0.29) is 12.1 Å². The highest BCUT2D eigenvalue weighted by molar-refractivity contribution is 5.77. The number of carbonyl (C=O) groups excluding carboxylic acids is 1. The van der Waals surface area contributed by atoms with Crippen LogP contribution in [0.2, 0.25) is 0 Å². The van der Waals surface area contributed by atoms with Crippen LogP contribution in [0.3, 0.4) is 0 Å². The fraction of sp³-hybridized carbons (Fsp3) is 0.429. The van der Waals surface area contributed by atoms with E-state index in [1.807, 2.05) is 39.0 Å². The van der Waals surface area contributed by atoms with Crippen LogP contribution in [0, 0.1) is 18.3 Å². The minimum atomic E-state index is -0.528. The van der Waals surface area contributed by atoms with Crippen molar-refractivity contribution in [2.24, 2.45) is 5.92 Å². The lowest BCUT2D eigenvalue weighted by molar-refractivity contribution is 0.0232. The number of H-pyrrole nitrogens is 1. The zero-order valence-electron chi connectivity index (χ0n) is 15.4. The maximum Gasteiger partial charge on any atom is 0.411 e. The van der Waals surface area contributed by atoms with Gasteiger partial charge in [-0.05, 0) is 63.3 Å². The van der Waals surface area contributed by atoms with Gasteiger partial charge in [0.05, 0.1) is 11.0 Å². The number of hydrogen-bond acceptors (Lipinski definition) is 3. The molecule has 1 amide bonds. The van der Waals surface area contributed by atoms with Crippen LogP contribution in [0.15, 0.2) is 29.8 Å². The van der Waals surface area contributed by atoms with Gasteiger partial charge in [-0.3, -0.25) is 4.90 Å². The van der Waals surface area contributed by atoms with Gasteiger partial charge in [0.2, 0.25) is 0 Å². The lowest BCUT2D eigenvalue weighted by Gasteiger charge is -2.28. The van der Waals surface area contributed by atoms with E-state index in [0.717, 1.165) is 22.4 Å². The van der Waals surface area contributed by atoms with Crippen LogP contribution in [0.4, 0.5) is 4.79 Å². The van der Waals surface area contributed by atoms with Gasteiger partial charge < -0.3 is 9.72 Å². The molecular formula is C21H23N3O2. The number of nitrogens with zero attached hydrogens (tertiary/aromatic N) is 2. The third kappa shape index (κ3) is 3.20. The van der Waals surface area contributed by atoms with Gasteiger partial charge in [0.15, 0.2) is 0 Å². The van der Waals surface area contributed by atoms with E-state index in [0.29, 0.717) is 12.5 Å². The van der Waals surface area contributed by atoms with Gasteiger partial charge in [-0.15, -0.1) is 6.42 Å². The van der Waals surface area contributed by atoms with Gasteiger partial charge in [-0.2, -0.15) is 0 Å². The third-order valence-electron chi connectivity index (χ3n) is 4.74. The number of amides is 1. The van der Waals surface area contributed by atoms with Gasteiger partial charge in [0, 0.05) is 12.1 Å². The van der Waals surface area contributed by atoms with Crippen molar-refractivity contribution in [1.29, 1.82) is 0 Å². The number of nitrogens with one attached hydrogen (secondary N) is 1. The second-order valence-corrected chi connectivity index (χ2v) is 8.07. The minimum absolute atomic E-state index is 0.234. The Morgan fingerprint density at radius 1 is 1.38 bits per heavy atom. The summed E-state index contributed by atoms with van der Waals surface area (Å²) in [5.74, 6) is 3.98. The second-order valence-electron chi connectivity index (χ2n) is 8.07. The van der Waals surface area contributed by atoms with Crippen LogP contribution in [-0.2, 0) is 4.74 Å². The number of imidazole rings is 1. The molecule has 4 rings (SSSR count). The molecule has 1 aromatic carbocycles. The van der Waals surface area contributed by atoms with Crippen molar-refractivity contribution in [3.05, 3.63) is 41.2 Å². The van der Waals surface area contributed by atoms with E-state index in [2.05, 4.69) is 17.0 Å². The predicted octanol–water partition coefficient (Wildman–Crippen LogP) is 4.17. The Balaban J connectivity index is 1.68. The molecule has 2 aliphatic rings. The van der Waals surface area contributed by atoms with E-state index < -0.39 is 5.60 Å². The summed E-state index contributed by atoms with van der Waals surface area (Å²) in [7, 11) is 0. The molecule has 0 saturated heterocycles. The molecule has 2 aromatic rings. The quantitative estimate of drug-likeness (QED) is 0.654. The SMILES string of the molecule is C#Cc1ccc2nc([C@@H]3C=C(C4CC4)CN3C(=O)OC(C)(C)C)[nH]c2c1. The molecule has 5 nitrogen and oxygen atoms in total. The first kappa shape index (κ1) is 16.7. The number of fused-ring (bicyclic) bond motifs is 1. The van der Waals surface area contributed by atoms with Crippen molar-refractivity contribution >= 4 is 17.1 Å². The highest BCUT2D eigenvalue weighted by Crippen LogP contribution is 2.43. The maximum atomic E-state index is 12.8. The lowest BCUT2D eigenvalue weighted by atomic mass is 10.1. The first-order valence-electron chi connectivity index (χ1n) is 9.00. The molecule has 1 aliphatic carbocycles. The molecule has 134 valence electrons. The maximum absolute atomic E-state index is 12.8.